The number of benzene rings is 2. The number of oxime groups is 1. The molecule has 25 heavy (non-hydrogen) atoms. The van der Waals surface area contributed by atoms with Gasteiger partial charge in [0.05, 0.1) is 5.71 Å². The maximum atomic E-state index is 12.9. The highest BCUT2D eigenvalue weighted by Crippen LogP contribution is 2.16. The molecule has 2 unspecified atom stereocenters. The standard InChI is InChI=1S/C20H21FN2O2/c1-14(16-5-3-2-4-6-16)13-22-20(24)19-12-18(23-25-19)11-15-7-9-17(21)10-8-15/h2-10,14,19H,11-13H2,1H3,(H,22,24). The van der Waals surface area contributed by atoms with Crippen LogP contribution in [0.4, 0.5) is 4.39 Å². The van der Waals surface area contributed by atoms with Gasteiger partial charge < -0.3 is 10.2 Å². The molecule has 0 saturated heterocycles. The smallest absolute Gasteiger partial charge is 0.264 e. The molecule has 3 rings (SSSR count). The van der Waals surface area contributed by atoms with Crippen molar-refractivity contribution in [2.45, 2.75) is 31.8 Å². The van der Waals surface area contributed by atoms with Crippen molar-refractivity contribution in [3.05, 3.63) is 71.5 Å². The van der Waals surface area contributed by atoms with Gasteiger partial charge in [0.2, 0.25) is 6.10 Å². The van der Waals surface area contributed by atoms with Gasteiger partial charge in [-0.3, -0.25) is 4.79 Å². The summed E-state index contributed by atoms with van der Waals surface area (Å²) in [6, 6.07) is 16.3. The molecule has 0 aromatic heterocycles. The quantitative estimate of drug-likeness (QED) is 0.876. The second-order valence-electron chi connectivity index (χ2n) is 6.32. The Morgan fingerprint density at radius 3 is 2.68 bits per heavy atom. The molecule has 1 aliphatic rings. The molecule has 130 valence electrons. The summed E-state index contributed by atoms with van der Waals surface area (Å²) in [6.45, 7) is 2.62. The SMILES string of the molecule is CC(CNC(=O)C1CC(Cc2ccc(F)cc2)=NO1)c1ccccc1. The number of carbonyl (C=O) groups is 1. The Morgan fingerprint density at radius 1 is 1.24 bits per heavy atom. The Labute approximate surface area is 146 Å². The Kier molecular flexibility index (Phi) is 5.43. The molecule has 2 aromatic carbocycles. The molecule has 1 amide bonds. The first-order chi connectivity index (χ1) is 12.1. The van der Waals surface area contributed by atoms with E-state index in [1.165, 1.54) is 17.7 Å². The predicted octanol–water partition coefficient (Wildman–Crippen LogP) is 3.43. The number of hydrogen-bond acceptors (Lipinski definition) is 3. The minimum Gasteiger partial charge on any atom is -0.382 e. The normalized spacial score (nSPS) is 17.5. The van der Waals surface area contributed by atoms with E-state index in [0.29, 0.717) is 19.4 Å². The molecule has 2 atom stereocenters. The van der Waals surface area contributed by atoms with Crippen LogP contribution < -0.4 is 5.32 Å². The molecule has 1 heterocycles. The van der Waals surface area contributed by atoms with Crippen molar-refractivity contribution in [2.75, 3.05) is 6.54 Å². The summed E-state index contributed by atoms with van der Waals surface area (Å²) >= 11 is 0. The zero-order valence-electron chi connectivity index (χ0n) is 14.1. The second-order valence-corrected chi connectivity index (χ2v) is 6.32. The maximum Gasteiger partial charge on any atom is 0.264 e. The molecular formula is C20H21FN2O2. The molecule has 4 nitrogen and oxygen atoms in total. The summed E-state index contributed by atoms with van der Waals surface area (Å²) in [5, 5.41) is 6.93. The third kappa shape index (κ3) is 4.66. The van der Waals surface area contributed by atoms with Crippen LogP contribution in [0.3, 0.4) is 0 Å². The number of carbonyl (C=O) groups excluding carboxylic acids is 1. The van der Waals surface area contributed by atoms with Crippen LogP contribution in [-0.4, -0.2) is 24.3 Å². The molecule has 1 aliphatic heterocycles. The van der Waals surface area contributed by atoms with Gasteiger partial charge in [-0.1, -0.05) is 54.5 Å². The Bertz CT molecular complexity index is 744. The highest BCUT2D eigenvalue weighted by molar-refractivity contribution is 5.93. The molecule has 0 spiro atoms. The van der Waals surface area contributed by atoms with E-state index in [4.69, 9.17) is 4.84 Å². The first kappa shape index (κ1) is 17.1. The van der Waals surface area contributed by atoms with Crippen molar-refractivity contribution in [3.8, 4) is 0 Å². The fraction of sp³-hybridized carbons (Fsp3) is 0.300. The molecular weight excluding hydrogens is 319 g/mol. The van der Waals surface area contributed by atoms with E-state index in [1.807, 2.05) is 30.3 Å². The van der Waals surface area contributed by atoms with Gasteiger partial charge in [-0.05, 0) is 29.2 Å². The number of nitrogens with one attached hydrogen (secondary N) is 1. The van der Waals surface area contributed by atoms with Crippen molar-refractivity contribution >= 4 is 11.6 Å². The van der Waals surface area contributed by atoms with Gasteiger partial charge in [0.25, 0.3) is 5.91 Å². The summed E-state index contributed by atoms with van der Waals surface area (Å²) in [5.41, 5.74) is 2.92. The monoisotopic (exact) mass is 340 g/mol. The van der Waals surface area contributed by atoms with E-state index < -0.39 is 6.10 Å². The second kappa shape index (κ2) is 7.92. The summed E-state index contributed by atoms with van der Waals surface area (Å²) in [5.74, 6) is -0.190. The van der Waals surface area contributed by atoms with Gasteiger partial charge in [0.15, 0.2) is 0 Å². The number of halogens is 1. The zero-order valence-corrected chi connectivity index (χ0v) is 14.1. The predicted molar refractivity (Wildman–Crippen MR) is 94.9 cm³/mol. The average molecular weight is 340 g/mol. The number of amides is 1. The number of nitrogens with zero attached hydrogens (tertiary/aromatic N) is 1. The molecule has 0 radical (unpaired) electrons. The molecule has 1 N–H and O–H groups in total. The van der Waals surface area contributed by atoms with E-state index in [1.54, 1.807) is 12.1 Å². The van der Waals surface area contributed by atoms with Crippen LogP contribution in [0, 0.1) is 5.82 Å². The lowest BCUT2D eigenvalue weighted by Gasteiger charge is -2.14. The summed E-state index contributed by atoms with van der Waals surface area (Å²) in [6.07, 6.45) is 0.436. The Balaban J connectivity index is 1.46. The first-order valence-corrected chi connectivity index (χ1v) is 8.40. The minimum absolute atomic E-state index is 0.152. The van der Waals surface area contributed by atoms with Gasteiger partial charge in [-0.25, -0.2) is 4.39 Å². The molecule has 0 fully saturated rings. The summed E-state index contributed by atoms with van der Waals surface area (Å²) in [4.78, 5) is 17.5. The lowest BCUT2D eigenvalue weighted by atomic mass is 10.0. The minimum atomic E-state index is -0.585. The highest BCUT2D eigenvalue weighted by atomic mass is 19.1. The zero-order chi connectivity index (χ0) is 17.6. The van der Waals surface area contributed by atoms with Crippen molar-refractivity contribution in [1.29, 1.82) is 0 Å². The van der Waals surface area contributed by atoms with Crippen molar-refractivity contribution in [2.24, 2.45) is 5.16 Å². The van der Waals surface area contributed by atoms with E-state index >= 15 is 0 Å². The third-order valence-corrected chi connectivity index (χ3v) is 4.30. The van der Waals surface area contributed by atoms with Crippen LogP contribution in [0.5, 0.6) is 0 Å². The van der Waals surface area contributed by atoms with Gasteiger partial charge in [-0.15, -0.1) is 0 Å². The van der Waals surface area contributed by atoms with Crippen LogP contribution in [0.25, 0.3) is 0 Å². The van der Waals surface area contributed by atoms with Gasteiger partial charge in [0.1, 0.15) is 5.82 Å². The van der Waals surface area contributed by atoms with E-state index in [2.05, 4.69) is 17.4 Å². The third-order valence-electron chi connectivity index (χ3n) is 4.30. The van der Waals surface area contributed by atoms with Gasteiger partial charge in [-0.2, -0.15) is 0 Å². The largest absolute Gasteiger partial charge is 0.382 e. The number of hydrogen-bond donors (Lipinski definition) is 1. The number of rotatable bonds is 6. The van der Waals surface area contributed by atoms with E-state index in [-0.39, 0.29) is 17.6 Å². The molecule has 5 heteroatoms. The first-order valence-electron chi connectivity index (χ1n) is 8.40. The average Bonchev–Trinajstić information content (AvgIpc) is 3.10. The molecule has 0 aliphatic carbocycles. The highest BCUT2D eigenvalue weighted by Gasteiger charge is 2.28. The fourth-order valence-corrected chi connectivity index (χ4v) is 2.78. The fourth-order valence-electron chi connectivity index (χ4n) is 2.78. The maximum absolute atomic E-state index is 12.9. The van der Waals surface area contributed by atoms with Crippen molar-refractivity contribution in [3.63, 3.8) is 0 Å². The van der Waals surface area contributed by atoms with Gasteiger partial charge >= 0.3 is 0 Å². The van der Waals surface area contributed by atoms with Crippen molar-refractivity contribution in [1.82, 2.24) is 5.32 Å². The van der Waals surface area contributed by atoms with Crippen molar-refractivity contribution < 1.29 is 14.0 Å². The van der Waals surface area contributed by atoms with Crippen LogP contribution in [-0.2, 0) is 16.1 Å². The van der Waals surface area contributed by atoms with E-state index in [9.17, 15) is 9.18 Å². The van der Waals surface area contributed by atoms with E-state index in [0.717, 1.165) is 11.3 Å². The van der Waals surface area contributed by atoms with Crippen LogP contribution in [0.15, 0.2) is 59.8 Å². The summed E-state index contributed by atoms with van der Waals surface area (Å²) in [7, 11) is 0. The molecule has 0 bridgehead atoms. The van der Waals surface area contributed by atoms with Crippen LogP contribution >= 0.6 is 0 Å². The Morgan fingerprint density at radius 2 is 1.96 bits per heavy atom. The summed E-state index contributed by atoms with van der Waals surface area (Å²) < 4.78 is 12.9. The Hall–Kier alpha value is -2.69. The molecule has 0 saturated carbocycles. The lowest BCUT2D eigenvalue weighted by molar-refractivity contribution is -0.131. The van der Waals surface area contributed by atoms with Crippen LogP contribution in [0.1, 0.15) is 30.4 Å². The van der Waals surface area contributed by atoms with Gasteiger partial charge in [0, 0.05) is 19.4 Å². The molecule has 2 aromatic rings. The topological polar surface area (TPSA) is 50.7 Å². The van der Waals surface area contributed by atoms with Crippen LogP contribution in [0.2, 0.25) is 0 Å². The lowest BCUT2D eigenvalue weighted by Crippen LogP contribution is -2.36.